The molecule has 4 heteroatoms. The maximum Gasteiger partial charge on any atom is 0.142 e. The van der Waals surface area contributed by atoms with Crippen LogP contribution in [-0.2, 0) is 9.53 Å². The maximum atomic E-state index is 13.7. The van der Waals surface area contributed by atoms with Gasteiger partial charge in [-0.15, -0.1) is 11.6 Å². The predicted octanol–water partition coefficient (Wildman–Crippen LogP) is 4.83. The van der Waals surface area contributed by atoms with Crippen LogP contribution in [0.2, 0.25) is 0 Å². The Bertz CT molecular complexity index is 552. The third kappa shape index (κ3) is 2.71. The lowest BCUT2D eigenvalue weighted by Crippen LogP contribution is -2.62. The Morgan fingerprint density at radius 3 is 2.50 bits per heavy atom. The van der Waals surface area contributed by atoms with Crippen molar-refractivity contribution >= 4 is 17.4 Å². The molecule has 1 N–H and O–H groups in total. The number of ketones is 1. The molecule has 26 heavy (non-hydrogen) atoms. The van der Waals surface area contributed by atoms with E-state index >= 15 is 0 Å². The minimum atomic E-state index is -0.477. The summed E-state index contributed by atoms with van der Waals surface area (Å²) in [5.41, 5.74) is -0.704. The molecular weight excluding hydrogens is 348 g/mol. The molecule has 0 amide bonds. The SMILES string of the molecule is COC1CCC23CC[C@@H](C)[C@](C)(C12)[C@H](O)C[C@@](C)(CCCCl)C(=O)[C@@H]3C. The van der Waals surface area contributed by atoms with E-state index in [2.05, 4.69) is 27.7 Å². The van der Waals surface area contributed by atoms with Gasteiger partial charge in [-0.2, -0.15) is 0 Å². The van der Waals surface area contributed by atoms with Gasteiger partial charge in [0.2, 0.25) is 0 Å². The summed E-state index contributed by atoms with van der Waals surface area (Å²) in [7, 11) is 1.80. The summed E-state index contributed by atoms with van der Waals surface area (Å²) in [5, 5.41) is 11.5. The summed E-state index contributed by atoms with van der Waals surface area (Å²) in [5.74, 6) is 1.63. The number of carbonyl (C=O) groups excluding carboxylic acids is 1. The van der Waals surface area contributed by atoms with E-state index in [9.17, 15) is 9.90 Å². The zero-order valence-corrected chi connectivity index (χ0v) is 17.9. The van der Waals surface area contributed by atoms with Crippen molar-refractivity contribution in [1.29, 1.82) is 0 Å². The Labute approximate surface area is 164 Å². The van der Waals surface area contributed by atoms with E-state index in [0.29, 0.717) is 24.0 Å². The monoisotopic (exact) mass is 384 g/mol. The van der Waals surface area contributed by atoms with Crippen molar-refractivity contribution < 1.29 is 14.6 Å². The molecule has 3 aliphatic carbocycles. The van der Waals surface area contributed by atoms with Crippen molar-refractivity contribution in [2.75, 3.05) is 13.0 Å². The average Bonchev–Trinajstić information content (AvgIpc) is 3.02. The van der Waals surface area contributed by atoms with Crippen LogP contribution in [0.1, 0.15) is 72.6 Å². The number of ether oxygens (including phenoxy) is 1. The van der Waals surface area contributed by atoms with Crippen molar-refractivity contribution in [1.82, 2.24) is 0 Å². The Balaban J connectivity index is 2.12. The minimum Gasteiger partial charge on any atom is -0.393 e. The van der Waals surface area contributed by atoms with E-state index in [4.69, 9.17) is 16.3 Å². The second-order valence-corrected chi connectivity index (χ2v) is 10.4. The standard InChI is InChI=1S/C22H37ClO3/c1-14-7-10-22-11-8-16(26-5)18(22)21(14,4)17(24)13-20(3,9-6-12-23)19(25)15(22)2/h14-18,24H,6-13H2,1-5H3/t14-,15+,16?,17-,18?,20-,21+,22?/m1/s1. The molecule has 3 saturated carbocycles. The molecular formula is C22H37ClO3. The van der Waals surface area contributed by atoms with Gasteiger partial charge in [-0.05, 0) is 62.2 Å². The summed E-state index contributed by atoms with van der Waals surface area (Å²) in [6, 6.07) is 0. The number of Topliss-reactive ketones (excluding diaryl/α,β-unsaturated/α-hetero) is 1. The number of alkyl halides is 1. The van der Waals surface area contributed by atoms with E-state index in [1.165, 1.54) is 0 Å². The van der Waals surface area contributed by atoms with Crippen LogP contribution in [0, 0.1) is 34.0 Å². The average molecular weight is 385 g/mol. The minimum absolute atomic E-state index is 0.0206. The Morgan fingerprint density at radius 2 is 1.88 bits per heavy atom. The van der Waals surface area contributed by atoms with E-state index < -0.39 is 11.5 Å². The summed E-state index contributed by atoms with van der Waals surface area (Å²) in [6.07, 6.45) is 6.06. The Kier molecular flexibility index (Phi) is 5.58. The molecule has 8 atom stereocenters. The lowest BCUT2D eigenvalue weighted by molar-refractivity contribution is -0.192. The summed E-state index contributed by atoms with van der Waals surface area (Å²) in [6.45, 7) is 8.82. The van der Waals surface area contributed by atoms with Crippen molar-refractivity contribution in [3.8, 4) is 0 Å². The van der Waals surface area contributed by atoms with Crippen molar-refractivity contribution in [2.24, 2.45) is 34.0 Å². The number of hydrogen-bond donors (Lipinski definition) is 1. The molecule has 3 fully saturated rings. The fourth-order valence-corrected chi connectivity index (χ4v) is 7.35. The molecule has 0 aromatic carbocycles. The second kappa shape index (κ2) is 7.04. The van der Waals surface area contributed by atoms with Crippen molar-refractivity contribution in [3.63, 3.8) is 0 Å². The zero-order chi connectivity index (χ0) is 19.3. The number of aliphatic hydroxyl groups is 1. The van der Waals surface area contributed by atoms with Crippen LogP contribution in [0.15, 0.2) is 0 Å². The lowest BCUT2D eigenvalue weighted by atomic mass is 9.44. The molecule has 3 aliphatic rings. The highest BCUT2D eigenvalue weighted by Crippen LogP contribution is 2.68. The molecule has 2 bridgehead atoms. The van der Waals surface area contributed by atoms with Crippen LogP contribution in [0.3, 0.4) is 0 Å². The third-order valence-electron chi connectivity index (χ3n) is 9.04. The van der Waals surface area contributed by atoms with E-state index in [1.807, 2.05) is 0 Å². The van der Waals surface area contributed by atoms with Gasteiger partial charge in [0.15, 0.2) is 0 Å². The van der Waals surface area contributed by atoms with Gasteiger partial charge in [-0.25, -0.2) is 0 Å². The third-order valence-corrected chi connectivity index (χ3v) is 9.30. The molecule has 0 spiro atoms. The first kappa shape index (κ1) is 20.6. The van der Waals surface area contributed by atoms with Gasteiger partial charge in [0.25, 0.3) is 0 Å². The maximum absolute atomic E-state index is 13.7. The van der Waals surface area contributed by atoms with E-state index in [-0.39, 0.29) is 28.8 Å². The van der Waals surface area contributed by atoms with Gasteiger partial charge >= 0.3 is 0 Å². The molecule has 3 unspecified atom stereocenters. The Morgan fingerprint density at radius 1 is 1.23 bits per heavy atom. The van der Waals surface area contributed by atoms with Crippen molar-refractivity contribution in [2.45, 2.75) is 84.8 Å². The van der Waals surface area contributed by atoms with Crippen LogP contribution in [0.4, 0.5) is 0 Å². The molecule has 3 nitrogen and oxygen atoms in total. The fraction of sp³-hybridized carbons (Fsp3) is 0.955. The first-order valence-electron chi connectivity index (χ1n) is 10.5. The van der Waals surface area contributed by atoms with Crippen LogP contribution >= 0.6 is 11.6 Å². The van der Waals surface area contributed by atoms with Crippen LogP contribution in [0.5, 0.6) is 0 Å². The fourth-order valence-electron chi connectivity index (χ4n) is 7.21. The van der Waals surface area contributed by atoms with E-state index in [1.54, 1.807) is 7.11 Å². The molecule has 0 heterocycles. The molecule has 0 radical (unpaired) electrons. The highest BCUT2D eigenvalue weighted by molar-refractivity contribution is 6.17. The number of rotatable bonds is 4. The van der Waals surface area contributed by atoms with Gasteiger partial charge in [0.05, 0.1) is 12.2 Å². The number of halogens is 1. The van der Waals surface area contributed by atoms with Gasteiger partial charge in [-0.1, -0.05) is 27.7 Å². The highest BCUT2D eigenvalue weighted by Gasteiger charge is 2.67. The Hall–Kier alpha value is -0.120. The normalized spacial score (nSPS) is 51.7. The number of aliphatic hydroxyl groups excluding tert-OH is 1. The number of methoxy groups -OCH3 is 1. The molecule has 0 aromatic heterocycles. The number of hydrogen-bond acceptors (Lipinski definition) is 3. The zero-order valence-electron chi connectivity index (χ0n) is 17.2. The quantitative estimate of drug-likeness (QED) is 0.706. The van der Waals surface area contributed by atoms with Crippen LogP contribution < -0.4 is 0 Å². The first-order chi connectivity index (χ1) is 12.2. The summed E-state index contributed by atoms with van der Waals surface area (Å²) < 4.78 is 5.93. The highest BCUT2D eigenvalue weighted by atomic mass is 35.5. The summed E-state index contributed by atoms with van der Waals surface area (Å²) in [4.78, 5) is 13.7. The van der Waals surface area contributed by atoms with Gasteiger partial charge in [0.1, 0.15) is 5.78 Å². The largest absolute Gasteiger partial charge is 0.393 e. The van der Waals surface area contributed by atoms with Gasteiger partial charge < -0.3 is 9.84 Å². The molecule has 150 valence electrons. The van der Waals surface area contributed by atoms with Gasteiger partial charge in [-0.3, -0.25) is 4.79 Å². The first-order valence-corrected chi connectivity index (χ1v) is 11.0. The summed E-state index contributed by atoms with van der Waals surface area (Å²) >= 11 is 5.96. The molecule has 0 aromatic rings. The molecule has 3 rings (SSSR count). The smallest absolute Gasteiger partial charge is 0.142 e. The van der Waals surface area contributed by atoms with Crippen LogP contribution in [0.25, 0.3) is 0 Å². The number of carbonyl (C=O) groups is 1. The van der Waals surface area contributed by atoms with Crippen molar-refractivity contribution in [3.05, 3.63) is 0 Å². The predicted molar refractivity (Wildman–Crippen MR) is 105 cm³/mol. The van der Waals surface area contributed by atoms with Crippen LogP contribution in [-0.4, -0.2) is 36.1 Å². The molecule has 0 aliphatic heterocycles. The topological polar surface area (TPSA) is 46.5 Å². The molecule has 0 saturated heterocycles. The van der Waals surface area contributed by atoms with E-state index in [0.717, 1.165) is 38.5 Å². The second-order valence-electron chi connectivity index (χ2n) is 9.99. The lowest BCUT2D eigenvalue weighted by Gasteiger charge is -2.61. The van der Waals surface area contributed by atoms with Gasteiger partial charge in [0, 0.05) is 29.7 Å².